The van der Waals surface area contributed by atoms with E-state index in [0.29, 0.717) is 11.4 Å². The molecule has 1 rings (SSSR count). The van der Waals surface area contributed by atoms with E-state index < -0.39 is 5.54 Å². The minimum atomic E-state index is -0.453. The number of rotatable bonds is 4. The van der Waals surface area contributed by atoms with Gasteiger partial charge in [-0.25, -0.2) is 4.98 Å². The van der Waals surface area contributed by atoms with Crippen LogP contribution in [-0.4, -0.2) is 35.1 Å². The molecule has 0 saturated heterocycles. The van der Waals surface area contributed by atoms with Gasteiger partial charge in [0.2, 0.25) is 0 Å². The lowest BCUT2D eigenvalue weighted by molar-refractivity contribution is 0.215. The van der Waals surface area contributed by atoms with Gasteiger partial charge in [0.1, 0.15) is 11.7 Å². The fraction of sp³-hybridized carbons (Fsp3) is 0.500. The van der Waals surface area contributed by atoms with Crippen molar-refractivity contribution >= 4 is 11.7 Å². The summed E-state index contributed by atoms with van der Waals surface area (Å²) in [5, 5.41) is 17.0. The maximum atomic E-state index is 9.37. The van der Waals surface area contributed by atoms with Gasteiger partial charge in [-0.15, -0.1) is 0 Å². The third-order valence-corrected chi connectivity index (χ3v) is 3.02. The van der Waals surface area contributed by atoms with Crippen molar-refractivity contribution in [1.82, 2.24) is 4.98 Å². The Kier molecular flexibility index (Phi) is 3.72. The lowest BCUT2D eigenvalue weighted by atomic mass is 10.0. The molecule has 1 heterocycles. The quantitative estimate of drug-likeness (QED) is 0.535. The largest absolute Gasteiger partial charge is 0.394 e. The normalized spacial score (nSPS) is 11.4. The van der Waals surface area contributed by atoms with Crippen LogP contribution in [-0.2, 0) is 0 Å². The fourth-order valence-electron chi connectivity index (χ4n) is 1.52. The highest BCUT2D eigenvalue weighted by Gasteiger charge is 2.26. The third kappa shape index (κ3) is 2.55. The average Bonchev–Trinajstić information content (AvgIpc) is 2.27. The molecule has 17 heavy (non-hydrogen) atoms. The highest BCUT2D eigenvalue weighted by Crippen LogP contribution is 2.25. The van der Waals surface area contributed by atoms with Crippen LogP contribution in [0.15, 0.2) is 12.3 Å². The number of amidine groups is 1. The Bertz CT molecular complexity index is 429. The van der Waals surface area contributed by atoms with Crippen LogP contribution in [0.3, 0.4) is 0 Å². The van der Waals surface area contributed by atoms with E-state index >= 15 is 0 Å². The lowest BCUT2D eigenvalue weighted by Gasteiger charge is -2.36. The molecule has 5 heteroatoms. The molecule has 0 aliphatic heterocycles. The summed E-state index contributed by atoms with van der Waals surface area (Å²) in [5.41, 5.74) is 6.67. The zero-order valence-electron chi connectivity index (χ0n) is 10.8. The van der Waals surface area contributed by atoms with Gasteiger partial charge >= 0.3 is 0 Å². The molecule has 4 N–H and O–H groups in total. The van der Waals surface area contributed by atoms with Gasteiger partial charge in [0.25, 0.3) is 0 Å². The first kappa shape index (κ1) is 13.4. The molecule has 0 bridgehead atoms. The maximum absolute atomic E-state index is 9.37. The van der Waals surface area contributed by atoms with Crippen LogP contribution in [0, 0.1) is 12.3 Å². The Morgan fingerprint density at radius 1 is 1.59 bits per heavy atom. The van der Waals surface area contributed by atoms with Crippen LogP contribution < -0.4 is 10.6 Å². The Morgan fingerprint density at radius 3 is 2.65 bits per heavy atom. The smallest absolute Gasteiger partial charge is 0.140 e. The number of hydrogen-bond donors (Lipinski definition) is 3. The molecule has 0 aliphatic carbocycles. The number of nitrogen functional groups attached to an aromatic ring is 1. The van der Waals surface area contributed by atoms with E-state index in [0.717, 1.165) is 5.56 Å². The second kappa shape index (κ2) is 4.71. The number of aliphatic hydroxyl groups is 1. The molecular formula is C12H20N4O. The van der Waals surface area contributed by atoms with Gasteiger partial charge in [0.15, 0.2) is 0 Å². The first-order valence-electron chi connectivity index (χ1n) is 5.46. The summed E-state index contributed by atoms with van der Waals surface area (Å²) in [6.45, 7) is 5.69. The Labute approximate surface area is 102 Å². The first-order chi connectivity index (χ1) is 7.81. The van der Waals surface area contributed by atoms with Crippen molar-refractivity contribution in [2.45, 2.75) is 26.3 Å². The lowest BCUT2D eigenvalue weighted by Crippen LogP contribution is -2.45. The van der Waals surface area contributed by atoms with E-state index in [9.17, 15) is 5.11 Å². The molecule has 0 aliphatic rings. The van der Waals surface area contributed by atoms with E-state index in [2.05, 4.69) is 4.98 Å². The van der Waals surface area contributed by atoms with Crippen molar-refractivity contribution < 1.29 is 5.11 Å². The molecular weight excluding hydrogens is 216 g/mol. The third-order valence-electron chi connectivity index (χ3n) is 3.02. The van der Waals surface area contributed by atoms with Crippen LogP contribution in [0.1, 0.15) is 25.0 Å². The second-order valence-corrected chi connectivity index (χ2v) is 4.77. The fourth-order valence-corrected chi connectivity index (χ4v) is 1.52. The van der Waals surface area contributed by atoms with Gasteiger partial charge in [-0.05, 0) is 32.4 Å². The highest BCUT2D eigenvalue weighted by atomic mass is 16.3. The number of anilines is 1. The first-order valence-corrected chi connectivity index (χ1v) is 5.46. The topological polar surface area (TPSA) is 86.2 Å². The number of hydrogen-bond acceptors (Lipinski definition) is 4. The molecule has 1 aromatic heterocycles. The minimum absolute atomic E-state index is 0.00351. The van der Waals surface area contributed by atoms with Gasteiger partial charge in [0.05, 0.1) is 17.7 Å². The van der Waals surface area contributed by atoms with Crippen molar-refractivity contribution in [2.75, 3.05) is 18.6 Å². The molecule has 0 unspecified atom stereocenters. The molecule has 0 atom stereocenters. The van der Waals surface area contributed by atoms with E-state index in [4.69, 9.17) is 11.1 Å². The standard InChI is InChI=1S/C12H20N4O/c1-8-5-6-15-11(9(8)10(13)14)16(4)12(2,3)7-17/h5-6,17H,7H2,1-4H3,(H3,13,14). The van der Waals surface area contributed by atoms with E-state index in [1.807, 2.05) is 38.8 Å². The van der Waals surface area contributed by atoms with Gasteiger partial charge in [0, 0.05) is 13.2 Å². The number of aliphatic hydroxyl groups excluding tert-OH is 1. The summed E-state index contributed by atoms with van der Waals surface area (Å²) in [6, 6.07) is 1.82. The van der Waals surface area contributed by atoms with E-state index in [-0.39, 0.29) is 12.4 Å². The van der Waals surface area contributed by atoms with Crippen LogP contribution in [0.25, 0.3) is 0 Å². The summed E-state index contributed by atoms with van der Waals surface area (Å²) in [7, 11) is 1.84. The SMILES string of the molecule is Cc1ccnc(N(C)C(C)(C)CO)c1C(=N)N. The number of nitrogens with two attached hydrogens (primary N) is 1. The monoisotopic (exact) mass is 236 g/mol. The zero-order valence-corrected chi connectivity index (χ0v) is 10.8. The van der Waals surface area contributed by atoms with Crippen molar-refractivity contribution in [3.05, 3.63) is 23.4 Å². The number of nitrogens with one attached hydrogen (secondary N) is 1. The van der Waals surface area contributed by atoms with Gasteiger partial charge in [-0.2, -0.15) is 0 Å². The van der Waals surface area contributed by atoms with Crippen molar-refractivity contribution in [2.24, 2.45) is 5.73 Å². The number of nitrogens with zero attached hydrogens (tertiary/aromatic N) is 2. The molecule has 1 aromatic rings. The molecule has 5 nitrogen and oxygen atoms in total. The van der Waals surface area contributed by atoms with Crippen LogP contribution in [0.4, 0.5) is 5.82 Å². The molecule has 0 spiro atoms. The van der Waals surface area contributed by atoms with Gasteiger partial charge < -0.3 is 15.7 Å². The number of aryl methyl sites for hydroxylation is 1. The zero-order chi connectivity index (χ0) is 13.2. The average molecular weight is 236 g/mol. The number of aromatic nitrogens is 1. The summed E-state index contributed by atoms with van der Waals surface area (Å²) in [4.78, 5) is 6.11. The van der Waals surface area contributed by atoms with Crippen LogP contribution >= 0.6 is 0 Å². The number of pyridine rings is 1. The Hall–Kier alpha value is -1.62. The van der Waals surface area contributed by atoms with E-state index in [1.54, 1.807) is 6.20 Å². The highest BCUT2D eigenvalue weighted by molar-refractivity contribution is 6.01. The molecule has 0 aromatic carbocycles. The van der Waals surface area contributed by atoms with Crippen molar-refractivity contribution in [1.29, 1.82) is 5.41 Å². The minimum Gasteiger partial charge on any atom is -0.394 e. The van der Waals surface area contributed by atoms with Gasteiger partial charge in [-0.3, -0.25) is 5.41 Å². The molecule has 0 fully saturated rings. The van der Waals surface area contributed by atoms with E-state index in [1.165, 1.54) is 0 Å². The van der Waals surface area contributed by atoms with Crippen LogP contribution in [0.5, 0.6) is 0 Å². The molecule has 0 radical (unpaired) electrons. The summed E-state index contributed by atoms with van der Waals surface area (Å²) in [6.07, 6.45) is 1.68. The summed E-state index contributed by atoms with van der Waals surface area (Å²) < 4.78 is 0. The van der Waals surface area contributed by atoms with Crippen molar-refractivity contribution in [3.8, 4) is 0 Å². The van der Waals surface area contributed by atoms with Crippen molar-refractivity contribution in [3.63, 3.8) is 0 Å². The Balaban J connectivity index is 3.32. The summed E-state index contributed by atoms with van der Waals surface area (Å²) in [5.74, 6) is 0.614. The number of likely N-dealkylation sites (N-methyl/N-ethyl adjacent to an activating group) is 1. The predicted molar refractivity (Wildman–Crippen MR) is 69.6 cm³/mol. The molecule has 94 valence electrons. The molecule has 0 saturated carbocycles. The predicted octanol–water partition coefficient (Wildman–Crippen LogP) is 0.881. The maximum Gasteiger partial charge on any atom is 0.140 e. The second-order valence-electron chi connectivity index (χ2n) is 4.77. The van der Waals surface area contributed by atoms with Crippen LogP contribution in [0.2, 0.25) is 0 Å². The Morgan fingerprint density at radius 2 is 2.18 bits per heavy atom. The molecule has 0 amide bonds. The van der Waals surface area contributed by atoms with Gasteiger partial charge in [-0.1, -0.05) is 0 Å². The summed E-state index contributed by atoms with van der Waals surface area (Å²) >= 11 is 0.